The molecule has 0 bridgehead atoms. The molecule has 17 heavy (non-hydrogen) atoms. The van der Waals surface area contributed by atoms with E-state index in [1.54, 1.807) is 0 Å². The Hall–Kier alpha value is -1.20. The number of hydrogen-bond donors (Lipinski definition) is 0. The van der Waals surface area contributed by atoms with Crippen molar-refractivity contribution in [3.05, 3.63) is 51.6 Å². The van der Waals surface area contributed by atoms with Crippen molar-refractivity contribution < 1.29 is 13.5 Å². The number of pyridine rings is 1. The lowest BCUT2D eigenvalue weighted by atomic mass is 10.3. The quantitative estimate of drug-likeness (QED) is 0.809. The van der Waals surface area contributed by atoms with Crippen molar-refractivity contribution in [3.8, 4) is 11.6 Å². The van der Waals surface area contributed by atoms with Gasteiger partial charge in [-0.3, -0.25) is 0 Å². The van der Waals surface area contributed by atoms with Crippen LogP contribution in [0.25, 0.3) is 0 Å². The molecule has 0 aliphatic rings. The van der Waals surface area contributed by atoms with E-state index in [4.69, 9.17) is 16.3 Å². The molecular weight excluding hydrogens is 315 g/mol. The summed E-state index contributed by atoms with van der Waals surface area (Å²) in [5.41, 5.74) is 0. The van der Waals surface area contributed by atoms with Crippen molar-refractivity contribution >= 4 is 27.5 Å². The van der Waals surface area contributed by atoms with E-state index in [1.165, 1.54) is 18.3 Å². The van der Waals surface area contributed by atoms with E-state index < -0.39 is 11.6 Å². The average molecular weight is 321 g/mol. The summed E-state index contributed by atoms with van der Waals surface area (Å²) in [6, 6.07) is 5.14. The molecule has 1 aromatic carbocycles. The molecule has 2 aromatic rings. The first-order valence-electron chi connectivity index (χ1n) is 4.50. The van der Waals surface area contributed by atoms with E-state index in [9.17, 15) is 8.78 Å². The molecular formula is C11H5BrClF2NO. The molecule has 6 heteroatoms. The monoisotopic (exact) mass is 319 g/mol. The molecule has 0 N–H and O–H groups in total. The van der Waals surface area contributed by atoms with E-state index in [1.807, 2.05) is 0 Å². The molecule has 1 heterocycles. The third-order valence-electron chi connectivity index (χ3n) is 1.88. The maximum absolute atomic E-state index is 13.3. The SMILES string of the molecule is Fc1cc(Oc2ncc(Cl)cc2F)ccc1Br. The zero-order valence-corrected chi connectivity index (χ0v) is 10.6. The van der Waals surface area contributed by atoms with Crippen LogP contribution in [0.15, 0.2) is 34.9 Å². The number of ether oxygens (including phenoxy) is 1. The topological polar surface area (TPSA) is 22.1 Å². The molecule has 0 aliphatic carbocycles. The minimum absolute atomic E-state index is 0.152. The summed E-state index contributed by atoms with van der Waals surface area (Å²) in [4.78, 5) is 3.66. The van der Waals surface area contributed by atoms with Crippen LogP contribution >= 0.6 is 27.5 Å². The first-order chi connectivity index (χ1) is 8.06. The average Bonchev–Trinajstić information content (AvgIpc) is 2.27. The number of hydrogen-bond acceptors (Lipinski definition) is 2. The molecule has 0 aliphatic heterocycles. The highest BCUT2D eigenvalue weighted by molar-refractivity contribution is 9.10. The largest absolute Gasteiger partial charge is 0.436 e. The van der Waals surface area contributed by atoms with Gasteiger partial charge in [-0.2, -0.15) is 0 Å². The highest BCUT2D eigenvalue weighted by atomic mass is 79.9. The van der Waals surface area contributed by atoms with Gasteiger partial charge in [0.15, 0.2) is 5.82 Å². The van der Waals surface area contributed by atoms with E-state index in [2.05, 4.69) is 20.9 Å². The van der Waals surface area contributed by atoms with Crippen LogP contribution < -0.4 is 4.74 Å². The van der Waals surface area contributed by atoms with Gasteiger partial charge in [0.05, 0.1) is 9.50 Å². The minimum atomic E-state index is -0.708. The predicted molar refractivity (Wildman–Crippen MR) is 63.4 cm³/mol. The third-order valence-corrected chi connectivity index (χ3v) is 2.73. The van der Waals surface area contributed by atoms with Crippen LogP contribution in [-0.2, 0) is 0 Å². The van der Waals surface area contributed by atoms with Gasteiger partial charge in [-0.05, 0) is 34.1 Å². The molecule has 0 radical (unpaired) electrons. The maximum Gasteiger partial charge on any atom is 0.255 e. The summed E-state index contributed by atoms with van der Waals surface area (Å²) < 4.78 is 31.9. The number of aromatic nitrogens is 1. The Morgan fingerprint density at radius 3 is 2.59 bits per heavy atom. The van der Waals surface area contributed by atoms with Crippen LogP contribution in [0.4, 0.5) is 8.78 Å². The lowest BCUT2D eigenvalue weighted by Crippen LogP contribution is -1.92. The van der Waals surface area contributed by atoms with Gasteiger partial charge in [-0.25, -0.2) is 13.8 Å². The van der Waals surface area contributed by atoms with Crippen LogP contribution in [0.3, 0.4) is 0 Å². The molecule has 0 unspecified atom stereocenters. The Bertz CT molecular complexity index is 565. The second-order valence-electron chi connectivity index (χ2n) is 3.12. The summed E-state index contributed by atoms with van der Waals surface area (Å²) in [5.74, 6) is -1.31. The van der Waals surface area contributed by atoms with Crippen molar-refractivity contribution in [2.45, 2.75) is 0 Å². The maximum atomic E-state index is 13.3. The van der Waals surface area contributed by atoms with Crippen LogP contribution in [0.1, 0.15) is 0 Å². The third kappa shape index (κ3) is 2.92. The van der Waals surface area contributed by atoms with Gasteiger partial charge >= 0.3 is 0 Å². The highest BCUT2D eigenvalue weighted by Gasteiger charge is 2.08. The van der Waals surface area contributed by atoms with Gasteiger partial charge in [-0.1, -0.05) is 11.6 Å². The smallest absolute Gasteiger partial charge is 0.255 e. The standard InChI is InChI=1S/C11H5BrClF2NO/c12-8-2-1-7(4-9(8)14)17-11-10(15)3-6(13)5-16-11/h1-5H. The molecule has 0 spiro atoms. The number of rotatable bonds is 2. The first-order valence-corrected chi connectivity index (χ1v) is 5.67. The van der Waals surface area contributed by atoms with E-state index in [0.717, 1.165) is 12.1 Å². The van der Waals surface area contributed by atoms with E-state index in [0.29, 0.717) is 4.47 Å². The highest BCUT2D eigenvalue weighted by Crippen LogP contribution is 2.26. The van der Waals surface area contributed by atoms with E-state index in [-0.39, 0.29) is 16.7 Å². The van der Waals surface area contributed by atoms with Gasteiger partial charge in [-0.15, -0.1) is 0 Å². The van der Waals surface area contributed by atoms with Crippen LogP contribution in [0.5, 0.6) is 11.6 Å². The van der Waals surface area contributed by atoms with Crippen molar-refractivity contribution in [3.63, 3.8) is 0 Å². The van der Waals surface area contributed by atoms with Gasteiger partial charge in [0.1, 0.15) is 11.6 Å². The van der Waals surface area contributed by atoms with Crippen molar-refractivity contribution in [1.82, 2.24) is 4.98 Å². The minimum Gasteiger partial charge on any atom is -0.436 e. The zero-order valence-electron chi connectivity index (χ0n) is 8.25. The number of benzene rings is 1. The van der Waals surface area contributed by atoms with E-state index >= 15 is 0 Å². The Kier molecular flexibility index (Phi) is 3.59. The molecule has 0 saturated heterocycles. The number of halogens is 4. The summed E-state index contributed by atoms with van der Waals surface area (Å²) >= 11 is 8.54. The summed E-state index contributed by atoms with van der Waals surface area (Å²) in [6.45, 7) is 0. The zero-order chi connectivity index (χ0) is 12.4. The van der Waals surface area contributed by atoms with Gasteiger partial charge < -0.3 is 4.74 Å². The fourth-order valence-corrected chi connectivity index (χ4v) is 1.52. The summed E-state index contributed by atoms with van der Waals surface area (Å²) in [7, 11) is 0. The Balaban J connectivity index is 2.28. The normalized spacial score (nSPS) is 10.4. The second kappa shape index (κ2) is 4.98. The van der Waals surface area contributed by atoms with Crippen LogP contribution in [0, 0.1) is 11.6 Å². The molecule has 2 nitrogen and oxygen atoms in total. The lowest BCUT2D eigenvalue weighted by molar-refractivity contribution is 0.419. The molecule has 0 saturated carbocycles. The second-order valence-corrected chi connectivity index (χ2v) is 4.41. The molecule has 1 aromatic heterocycles. The Morgan fingerprint density at radius 2 is 1.94 bits per heavy atom. The molecule has 0 fully saturated rings. The molecule has 0 amide bonds. The van der Waals surface area contributed by atoms with Crippen LogP contribution in [-0.4, -0.2) is 4.98 Å². The molecule has 88 valence electrons. The molecule has 0 atom stereocenters. The fraction of sp³-hybridized carbons (Fsp3) is 0. The van der Waals surface area contributed by atoms with Crippen molar-refractivity contribution in [1.29, 1.82) is 0 Å². The number of nitrogens with zero attached hydrogens (tertiary/aromatic N) is 1. The first kappa shape index (κ1) is 12.3. The summed E-state index contributed by atoms with van der Waals surface area (Å²) in [5, 5.41) is 0.164. The van der Waals surface area contributed by atoms with Gasteiger partial charge in [0.25, 0.3) is 5.88 Å². The predicted octanol–water partition coefficient (Wildman–Crippen LogP) is 4.57. The Labute approximate surface area is 109 Å². The fourth-order valence-electron chi connectivity index (χ4n) is 1.13. The van der Waals surface area contributed by atoms with Crippen molar-refractivity contribution in [2.75, 3.05) is 0 Å². The summed E-state index contributed by atoms with van der Waals surface area (Å²) in [6.07, 6.45) is 1.25. The van der Waals surface area contributed by atoms with Gasteiger partial charge in [0.2, 0.25) is 0 Å². The van der Waals surface area contributed by atoms with Crippen molar-refractivity contribution in [2.24, 2.45) is 0 Å². The van der Waals surface area contributed by atoms with Gasteiger partial charge in [0, 0.05) is 12.3 Å². The van der Waals surface area contributed by atoms with Crippen LogP contribution in [0.2, 0.25) is 5.02 Å². The molecule has 2 rings (SSSR count). The lowest BCUT2D eigenvalue weighted by Gasteiger charge is -2.06. The Morgan fingerprint density at radius 1 is 1.18 bits per heavy atom.